The summed E-state index contributed by atoms with van der Waals surface area (Å²) in [6.45, 7) is 4.24. The molecule has 0 bridgehead atoms. The number of carbonyl (C=O) groups is 4. The van der Waals surface area contributed by atoms with Crippen molar-refractivity contribution in [1.82, 2.24) is 20.3 Å². The van der Waals surface area contributed by atoms with E-state index in [1.807, 2.05) is 0 Å². The lowest BCUT2D eigenvalue weighted by Crippen LogP contribution is -2.56. The topological polar surface area (TPSA) is 108 Å². The summed E-state index contributed by atoms with van der Waals surface area (Å²) in [5.41, 5.74) is -0.940. The third-order valence-corrected chi connectivity index (χ3v) is 7.59. The summed E-state index contributed by atoms with van der Waals surface area (Å²) in [6, 6.07) is -1.30. The number of nitrogens with one attached hydrogen (secondary N) is 3. The molecule has 1 saturated heterocycles. The van der Waals surface area contributed by atoms with E-state index in [-0.39, 0.29) is 23.6 Å². The summed E-state index contributed by atoms with van der Waals surface area (Å²) >= 11 is 1.45. The number of unbranched alkanes of at least 4 members (excludes halogenated alkanes) is 3. The van der Waals surface area contributed by atoms with E-state index >= 15 is 0 Å². The molecule has 0 aromatic carbocycles. The largest absolute Gasteiger partial charge is 0.347 e. The second-order valence-corrected chi connectivity index (χ2v) is 10.2. The van der Waals surface area contributed by atoms with E-state index in [0.29, 0.717) is 31.0 Å². The van der Waals surface area contributed by atoms with Gasteiger partial charge >= 0.3 is 0 Å². The zero-order chi connectivity index (χ0) is 23.1. The molecule has 0 radical (unpaired) electrons. The third kappa shape index (κ3) is 6.05. The smallest absolute Gasteiger partial charge is 0.256 e. The molecule has 4 atom stereocenters. The van der Waals surface area contributed by atoms with Crippen LogP contribution in [-0.2, 0) is 19.2 Å². The molecule has 3 N–H and O–H groups in total. The fourth-order valence-electron chi connectivity index (χ4n) is 4.20. The lowest BCUT2D eigenvalue weighted by Gasteiger charge is -2.28. The van der Waals surface area contributed by atoms with Crippen LogP contribution in [0.15, 0.2) is 12.2 Å². The standard InChI is InChI=1S/C23H36N4O4S/c1-3-4-5-6-7-9-17-14-23(17,22(31)26-32-18-11-12-18)25-20(29)19-10-8-13-27(19)21(30)16(2)24-15-28/h7,9,15-19H,3-6,8,10-14H2,1-2H3,(H,24,28)(H,25,29)(H,26,31)/b9-7-/t16-,17?,19?,23?/m0/s1. The Morgan fingerprint density at radius 2 is 2.00 bits per heavy atom. The number of nitrogens with zero attached hydrogens (tertiary/aromatic N) is 1. The van der Waals surface area contributed by atoms with Crippen molar-refractivity contribution >= 4 is 36.1 Å². The Morgan fingerprint density at radius 1 is 1.22 bits per heavy atom. The van der Waals surface area contributed by atoms with E-state index in [2.05, 4.69) is 34.4 Å². The van der Waals surface area contributed by atoms with Crippen molar-refractivity contribution < 1.29 is 19.2 Å². The number of hydrogen-bond donors (Lipinski definition) is 3. The average molecular weight is 465 g/mol. The van der Waals surface area contributed by atoms with Crippen LogP contribution >= 0.6 is 11.9 Å². The van der Waals surface area contributed by atoms with Crippen LogP contribution in [0.3, 0.4) is 0 Å². The second-order valence-electron chi connectivity index (χ2n) is 9.14. The molecule has 2 aliphatic carbocycles. The van der Waals surface area contributed by atoms with Gasteiger partial charge in [-0.05, 0) is 63.8 Å². The minimum Gasteiger partial charge on any atom is -0.347 e. The van der Waals surface area contributed by atoms with Gasteiger partial charge in [0.15, 0.2) is 0 Å². The second kappa shape index (κ2) is 11.2. The molecule has 3 fully saturated rings. The van der Waals surface area contributed by atoms with Gasteiger partial charge in [0, 0.05) is 17.7 Å². The highest BCUT2D eigenvalue weighted by atomic mass is 32.2. The van der Waals surface area contributed by atoms with E-state index in [1.165, 1.54) is 23.3 Å². The summed E-state index contributed by atoms with van der Waals surface area (Å²) in [5, 5.41) is 5.95. The fourth-order valence-corrected chi connectivity index (χ4v) is 5.02. The molecule has 1 heterocycles. The van der Waals surface area contributed by atoms with E-state index in [1.54, 1.807) is 6.92 Å². The van der Waals surface area contributed by atoms with Crippen LogP contribution < -0.4 is 15.4 Å². The predicted molar refractivity (Wildman–Crippen MR) is 124 cm³/mol. The van der Waals surface area contributed by atoms with Crippen molar-refractivity contribution in [1.29, 1.82) is 0 Å². The number of carbonyl (C=O) groups excluding carboxylic acids is 4. The molecule has 4 amide bonds. The Hall–Kier alpha value is -2.03. The normalized spacial score (nSPS) is 27.8. The van der Waals surface area contributed by atoms with Crippen molar-refractivity contribution in [3.05, 3.63) is 12.2 Å². The van der Waals surface area contributed by atoms with Crippen LogP contribution in [0.5, 0.6) is 0 Å². The Balaban J connectivity index is 1.64. The summed E-state index contributed by atoms with van der Waals surface area (Å²) in [7, 11) is 0. The van der Waals surface area contributed by atoms with Crippen LogP contribution in [0, 0.1) is 5.92 Å². The maximum atomic E-state index is 13.2. The van der Waals surface area contributed by atoms with Gasteiger partial charge in [-0.25, -0.2) is 0 Å². The number of allylic oxidation sites excluding steroid dienone is 1. The highest BCUT2D eigenvalue weighted by Gasteiger charge is 2.60. The molecule has 9 heteroatoms. The van der Waals surface area contributed by atoms with Crippen molar-refractivity contribution in [2.45, 2.75) is 94.5 Å². The lowest BCUT2D eigenvalue weighted by atomic mass is 10.1. The first-order chi connectivity index (χ1) is 15.4. The number of hydrogen-bond acceptors (Lipinski definition) is 5. The quantitative estimate of drug-likeness (QED) is 0.167. The maximum Gasteiger partial charge on any atom is 0.256 e. The zero-order valence-corrected chi connectivity index (χ0v) is 19.9. The first-order valence-electron chi connectivity index (χ1n) is 11.9. The third-order valence-electron chi connectivity index (χ3n) is 6.48. The average Bonchev–Trinajstić information content (AvgIpc) is 3.68. The van der Waals surface area contributed by atoms with Gasteiger partial charge in [-0.15, -0.1) is 0 Å². The summed E-state index contributed by atoms with van der Waals surface area (Å²) in [6.07, 6.45) is 13.2. The number of likely N-dealkylation sites (tertiary alicyclic amines) is 1. The number of rotatable bonds is 13. The monoisotopic (exact) mass is 464 g/mol. The van der Waals surface area contributed by atoms with E-state index in [0.717, 1.165) is 38.5 Å². The SMILES string of the molecule is CCCCC/C=C\C1CC1(NC(=O)C1CCCN1C(=O)[C@H](C)NC=O)C(=O)NSC1CC1. The molecule has 1 aliphatic heterocycles. The van der Waals surface area contributed by atoms with Gasteiger partial charge in [-0.3, -0.25) is 23.9 Å². The summed E-state index contributed by atoms with van der Waals surface area (Å²) in [5.74, 6) is -0.754. The van der Waals surface area contributed by atoms with Crippen molar-refractivity contribution in [3.8, 4) is 0 Å². The summed E-state index contributed by atoms with van der Waals surface area (Å²) in [4.78, 5) is 51.2. The highest BCUT2D eigenvalue weighted by molar-refractivity contribution is 7.98. The first kappa shape index (κ1) is 24.6. The van der Waals surface area contributed by atoms with Crippen molar-refractivity contribution in [2.75, 3.05) is 6.54 Å². The molecule has 0 spiro atoms. The Kier molecular flexibility index (Phi) is 8.62. The van der Waals surface area contributed by atoms with Gasteiger partial charge < -0.3 is 15.5 Å². The molecular weight excluding hydrogens is 428 g/mol. The van der Waals surface area contributed by atoms with Gasteiger partial charge in [0.25, 0.3) is 5.91 Å². The minimum absolute atomic E-state index is 0.0333. The molecule has 3 aliphatic rings. The van der Waals surface area contributed by atoms with Crippen molar-refractivity contribution in [3.63, 3.8) is 0 Å². The molecule has 178 valence electrons. The molecule has 2 saturated carbocycles. The molecule has 32 heavy (non-hydrogen) atoms. The van der Waals surface area contributed by atoms with Crippen LogP contribution in [0.2, 0.25) is 0 Å². The van der Waals surface area contributed by atoms with Gasteiger partial charge in [-0.1, -0.05) is 31.9 Å². The minimum atomic E-state index is -0.940. The Labute approximate surface area is 194 Å². The van der Waals surface area contributed by atoms with E-state index < -0.39 is 17.6 Å². The highest BCUT2D eigenvalue weighted by Crippen LogP contribution is 2.46. The summed E-state index contributed by atoms with van der Waals surface area (Å²) < 4.78 is 2.95. The molecule has 8 nitrogen and oxygen atoms in total. The van der Waals surface area contributed by atoms with E-state index in [9.17, 15) is 19.2 Å². The maximum absolute atomic E-state index is 13.2. The molecule has 0 aromatic rings. The van der Waals surface area contributed by atoms with Crippen LogP contribution in [-0.4, -0.2) is 58.4 Å². The number of amides is 4. The van der Waals surface area contributed by atoms with Gasteiger partial charge in [-0.2, -0.15) is 0 Å². The molecular formula is C23H36N4O4S. The first-order valence-corrected chi connectivity index (χ1v) is 12.8. The zero-order valence-electron chi connectivity index (χ0n) is 19.1. The van der Waals surface area contributed by atoms with Crippen LogP contribution in [0.25, 0.3) is 0 Å². The van der Waals surface area contributed by atoms with E-state index in [4.69, 9.17) is 0 Å². The molecule has 3 rings (SSSR count). The van der Waals surface area contributed by atoms with Gasteiger partial charge in [0.05, 0.1) is 0 Å². The van der Waals surface area contributed by atoms with Gasteiger partial charge in [0.2, 0.25) is 18.2 Å². The van der Waals surface area contributed by atoms with Crippen LogP contribution in [0.4, 0.5) is 0 Å². The Bertz CT molecular complexity index is 742. The van der Waals surface area contributed by atoms with Crippen molar-refractivity contribution in [2.24, 2.45) is 5.92 Å². The lowest BCUT2D eigenvalue weighted by molar-refractivity contribution is -0.141. The van der Waals surface area contributed by atoms with Crippen LogP contribution in [0.1, 0.15) is 71.6 Å². The van der Waals surface area contributed by atoms with Gasteiger partial charge in [0.1, 0.15) is 17.6 Å². The predicted octanol–water partition coefficient (Wildman–Crippen LogP) is 2.05. The Morgan fingerprint density at radius 3 is 2.69 bits per heavy atom. The molecule has 3 unspecified atom stereocenters. The fraction of sp³-hybridized carbons (Fsp3) is 0.739. The molecule has 0 aromatic heterocycles.